The average molecular weight is 399 g/mol. The van der Waals surface area contributed by atoms with E-state index in [2.05, 4.69) is 26.1 Å². The van der Waals surface area contributed by atoms with Gasteiger partial charge in [0, 0.05) is 16.3 Å². The van der Waals surface area contributed by atoms with E-state index in [4.69, 9.17) is 22.4 Å². The highest BCUT2D eigenvalue weighted by molar-refractivity contribution is 6.30. The van der Waals surface area contributed by atoms with Gasteiger partial charge in [-0.05, 0) is 42.5 Å². The number of benzene rings is 2. The van der Waals surface area contributed by atoms with E-state index >= 15 is 0 Å². The van der Waals surface area contributed by atoms with Crippen LogP contribution in [0.2, 0.25) is 5.02 Å². The van der Waals surface area contributed by atoms with Crippen LogP contribution in [0.4, 0.5) is 23.0 Å². The SMILES string of the molecule is Nc1c(NNC(=O)c2cccc(Cl)c2)ncnc1Nc1ccc(C(=O)O)cc1. The summed E-state index contributed by atoms with van der Waals surface area (Å²) in [7, 11) is 0. The van der Waals surface area contributed by atoms with Gasteiger partial charge in [-0.2, -0.15) is 0 Å². The van der Waals surface area contributed by atoms with E-state index in [1.54, 1.807) is 30.3 Å². The van der Waals surface area contributed by atoms with Crippen LogP contribution in [0, 0.1) is 0 Å². The highest BCUT2D eigenvalue weighted by Crippen LogP contribution is 2.25. The fourth-order valence-electron chi connectivity index (χ4n) is 2.25. The number of nitrogens with zero attached hydrogens (tertiary/aromatic N) is 2. The van der Waals surface area contributed by atoms with E-state index in [-0.39, 0.29) is 22.9 Å². The maximum absolute atomic E-state index is 12.2. The molecule has 0 saturated carbocycles. The summed E-state index contributed by atoms with van der Waals surface area (Å²) in [6.45, 7) is 0. The summed E-state index contributed by atoms with van der Waals surface area (Å²) in [5, 5.41) is 12.3. The van der Waals surface area contributed by atoms with Crippen molar-refractivity contribution in [1.82, 2.24) is 15.4 Å². The van der Waals surface area contributed by atoms with Gasteiger partial charge in [-0.15, -0.1) is 0 Å². The fourth-order valence-corrected chi connectivity index (χ4v) is 2.44. The second-order valence-corrected chi connectivity index (χ2v) is 6.02. The van der Waals surface area contributed by atoms with Gasteiger partial charge in [-0.25, -0.2) is 14.8 Å². The lowest BCUT2D eigenvalue weighted by molar-refractivity contribution is 0.0696. The topological polar surface area (TPSA) is 142 Å². The van der Waals surface area contributed by atoms with Crippen LogP contribution >= 0.6 is 11.6 Å². The lowest BCUT2D eigenvalue weighted by Gasteiger charge is -2.13. The second kappa shape index (κ2) is 8.23. The first-order chi connectivity index (χ1) is 13.4. The van der Waals surface area contributed by atoms with Crippen molar-refractivity contribution in [3.05, 3.63) is 71.0 Å². The molecule has 0 radical (unpaired) electrons. The minimum atomic E-state index is -1.02. The molecule has 10 heteroatoms. The van der Waals surface area contributed by atoms with Crippen molar-refractivity contribution in [3.8, 4) is 0 Å². The predicted molar refractivity (Wildman–Crippen MR) is 106 cm³/mol. The summed E-state index contributed by atoms with van der Waals surface area (Å²) in [4.78, 5) is 31.1. The number of hydrogen-bond acceptors (Lipinski definition) is 7. The molecule has 9 nitrogen and oxygen atoms in total. The molecule has 0 aliphatic carbocycles. The van der Waals surface area contributed by atoms with Gasteiger partial charge in [0.25, 0.3) is 5.91 Å². The maximum atomic E-state index is 12.2. The number of amides is 1. The van der Waals surface area contributed by atoms with Gasteiger partial charge in [-0.1, -0.05) is 17.7 Å². The molecule has 0 aliphatic heterocycles. The summed E-state index contributed by atoms with van der Waals surface area (Å²) in [5.74, 6) is -0.957. The van der Waals surface area contributed by atoms with Crippen molar-refractivity contribution >= 4 is 46.5 Å². The number of anilines is 4. The molecule has 0 aliphatic rings. The number of nitrogens with one attached hydrogen (secondary N) is 3. The summed E-state index contributed by atoms with van der Waals surface area (Å²) in [5.41, 5.74) is 12.4. The van der Waals surface area contributed by atoms with Gasteiger partial charge in [0.05, 0.1) is 5.56 Å². The molecule has 3 rings (SSSR count). The van der Waals surface area contributed by atoms with Crippen molar-refractivity contribution in [2.24, 2.45) is 0 Å². The number of carbonyl (C=O) groups is 2. The number of halogens is 1. The first kappa shape index (κ1) is 18.9. The molecule has 2 aromatic carbocycles. The third-order valence-corrected chi connectivity index (χ3v) is 3.89. The van der Waals surface area contributed by atoms with E-state index in [9.17, 15) is 9.59 Å². The third kappa shape index (κ3) is 4.46. The van der Waals surface area contributed by atoms with Gasteiger partial charge < -0.3 is 16.2 Å². The minimum absolute atomic E-state index is 0.160. The molecule has 1 heterocycles. The first-order valence-corrected chi connectivity index (χ1v) is 8.34. The van der Waals surface area contributed by atoms with Crippen LogP contribution in [-0.4, -0.2) is 27.0 Å². The molecule has 0 saturated heterocycles. The molecule has 6 N–H and O–H groups in total. The van der Waals surface area contributed by atoms with Crippen molar-refractivity contribution < 1.29 is 14.7 Å². The Bertz CT molecular complexity index is 1030. The summed E-state index contributed by atoms with van der Waals surface area (Å²) < 4.78 is 0. The van der Waals surface area contributed by atoms with E-state index in [0.29, 0.717) is 16.3 Å². The molecule has 1 amide bonds. The Morgan fingerprint density at radius 1 is 1.00 bits per heavy atom. The lowest BCUT2D eigenvalue weighted by Crippen LogP contribution is -2.30. The van der Waals surface area contributed by atoms with Crippen LogP contribution in [0.15, 0.2) is 54.9 Å². The highest BCUT2D eigenvalue weighted by Gasteiger charge is 2.11. The summed E-state index contributed by atoms with van der Waals surface area (Å²) in [6.07, 6.45) is 1.26. The Labute approximate surface area is 164 Å². The van der Waals surface area contributed by atoms with Crippen LogP contribution < -0.4 is 21.9 Å². The summed E-state index contributed by atoms with van der Waals surface area (Å²) in [6, 6.07) is 12.5. The Morgan fingerprint density at radius 3 is 2.39 bits per heavy atom. The molecule has 142 valence electrons. The number of aromatic nitrogens is 2. The van der Waals surface area contributed by atoms with E-state index in [1.165, 1.54) is 24.5 Å². The van der Waals surface area contributed by atoms with Gasteiger partial charge in [0.2, 0.25) is 0 Å². The number of carbonyl (C=O) groups excluding carboxylic acids is 1. The zero-order valence-corrected chi connectivity index (χ0v) is 15.1. The van der Waals surface area contributed by atoms with Crippen LogP contribution in [0.1, 0.15) is 20.7 Å². The lowest BCUT2D eigenvalue weighted by atomic mass is 10.2. The van der Waals surface area contributed by atoms with Gasteiger partial charge in [0.15, 0.2) is 11.6 Å². The Hall–Kier alpha value is -3.85. The molecule has 0 bridgehead atoms. The van der Waals surface area contributed by atoms with Crippen molar-refractivity contribution in [2.45, 2.75) is 0 Å². The molecule has 0 atom stereocenters. The zero-order chi connectivity index (χ0) is 20.1. The zero-order valence-electron chi connectivity index (χ0n) is 14.3. The fraction of sp³-hybridized carbons (Fsp3) is 0. The number of carboxylic acids is 1. The van der Waals surface area contributed by atoms with E-state index in [0.717, 1.165) is 0 Å². The number of hydrogen-bond donors (Lipinski definition) is 5. The van der Waals surface area contributed by atoms with Crippen molar-refractivity contribution in [2.75, 3.05) is 16.5 Å². The molecule has 0 unspecified atom stereocenters. The molecule has 1 aromatic heterocycles. The normalized spacial score (nSPS) is 10.2. The quantitative estimate of drug-likeness (QED) is 0.399. The van der Waals surface area contributed by atoms with E-state index < -0.39 is 11.9 Å². The van der Waals surface area contributed by atoms with Gasteiger partial charge in [0.1, 0.15) is 12.0 Å². The van der Waals surface area contributed by atoms with Gasteiger partial charge >= 0.3 is 5.97 Å². The minimum Gasteiger partial charge on any atom is -0.478 e. The number of hydrazine groups is 1. The largest absolute Gasteiger partial charge is 0.478 e. The Kier molecular flexibility index (Phi) is 5.56. The number of nitrogen functional groups attached to an aromatic ring is 1. The maximum Gasteiger partial charge on any atom is 0.335 e. The van der Waals surface area contributed by atoms with Crippen molar-refractivity contribution in [3.63, 3.8) is 0 Å². The number of nitrogens with two attached hydrogens (primary N) is 1. The predicted octanol–water partition coefficient (Wildman–Crippen LogP) is 2.91. The third-order valence-electron chi connectivity index (χ3n) is 3.66. The smallest absolute Gasteiger partial charge is 0.335 e. The second-order valence-electron chi connectivity index (χ2n) is 5.58. The summed E-state index contributed by atoms with van der Waals surface area (Å²) >= 11 is 5.87. The number of aromatic carboxylic acids is 1. The molecular formula is C18H15ClN6O3. The van der Waals surface area contributed by atoms with Crippen molar-refractivity contribution in [1.29, 1.82) is 0 Å². The standard InChI is InChI=1S/C18H15ClN6O3/c19-12-3-1-2-11(8-12)17(26)25-24-16-14(20)15(21-9-22-16)23-13-6-4-10(5-7-13)18(27)28/h1-9H,20H2,(H,25,26)(H,27,28)(H2,21,22,23,24). The van der Waals surface area contributed by atoms with Crippen LogP contribution in [0.5, 0.6) is 0 Å². The monoisotopic (exact) mass is 398 g/mol. The Balaban J connectivity index is 1.70. The van der Waals surface area contributed by atoms with Crippen LogP contribution in [-0.2, 0) is 0 Å². The van der Waals surface area contributed by atoms with Gasteiger partial charge in [-0.3, -0.25) is 15.6 Å². The Morgan fingerprint density at radius 2 is 1.71 bits per heavy atom. The van der Waals surface area contributed by atoms with Crippen LogP contribution in [0.3, 0.4) is 0 Å². The molecule has 0 spiro atoms. The van der Waals surface area contributed by atoms with Crippen LogP contribution in [0.25, 0.3) is 0 Å². The highest BCUT2D eigenvalue weighted by atomic mass is 35.5. The molecule has 0 fully saturated rings. The molecule has 3 aromatic rings. The first-order valence-electron chi connectivity index (χ1n) is 7.97. The molecule has 28 heavy (non-hydrogen) atoms. The number of carboxylic acid groups (broad SMARTS) is 1. The number of rotatable bonds is 6. The molecular weight excluding hydrogens is 384 g/mol. The van der Waals surface area contributed by atoms with E-state index in [1.807, 2.05) is 0 Å². The average Bonchev–Trinajstić information content (AvgIpc) is 2.69.